The monoisotopic (exact) mass is 432 g/mol. The second-order valence-electron chi connectivity index (χ2n) is 6.46. The van der Waals surface area contributed by atoms with Crippen LogP contribution in [-0.2, 0) is 47.6 Å². The van der Waals surface area contributed by atoms with Crippen LogP contribution in [0.5, 0.6) is 0 Å². The normalized spacial score (nSPS) is 24.0. The Kier molecular flexibility index (Phi) is 11.3. The Morgan fingerprint density at radius 1 is 0.767 bits per heavy atom. The summed E-state index contributed by atoms with van der Waals surface area (Å²) in [5.41, 5.74) is 0. The lowest BCUT2D eigenvalue weighted by molar-refractivity contribution is -0.199. The molecule has 10 heteroatoms. The molecule has 0 aromatic carbocycles. The van der Waals surface area contributed by atoms with E-state index in [1.165, 1.54) is 0 Å². The summed E-state index contributed by atoms with van der Waals surface area (Å²) in [4.78, 5) is 47.6. The van der Waals surface area contributed by atoms with Gasteiger partial charge in [0.2, 0.25) is 0 Å². The van der Waals surface area contributed by atoms with Crippen molar-refractivity contribution in [3.8, 4) is 0 Å². The Labute approximate surface area is 176 Å². The van der Waals surface area contributed by atoms with Crippen LogP contribution in [0, 0.1) is 0 Å². The van der Waals surface area contributed by atoms with Gasteiger partial charge in [-0.3, -0.25) is 19.2 Å². The number of carbonyl (C=O) groups excluding carboxylic acids is 4. The van der Waals surface area contributed by atoms with Gasteiger partial charge < -0.3 is 28.4 Å². The van der Waals surface area contributed by atoms with Crippen LogP contribution in [0.2, 0.25) is 0 Å². The summed E-state index contributed by atoms with van der Waals surface area (Å²) in [6.45, 7) is 8.11. The Morgan fingerprint density at radius 3 is 1.80 bits per heavy atom. The molecule has 0 aliphatic carbocycles. The summed E-state index contributed by atoms with van der Waals surface area (Å²) in [6, 6.07) is 0. The van der Waals surface area contributed by atoms with Crippen molar-refractivity contribution in [3.63, 3.8) is 0 Å². The zero-order valence-electron chi connectivity index (χ0n) is 18.2. The van der Waals surface area contributed by atoms with E-state index < -0.39 is 54.6 Å². The number of carbonyl (C=O) groups is 4. The van der Waals surface area contributed by atoms with Crippen molar-refractivity contribution in [1.82, 2.24) is 0 Å². The highest BCUT2D eigenvalue weighted by Gasteiger charge is 2.54. The average molecular weight is 432 g/mol. The first-order valence-electron chi connectivity index (χ1n) is 10.3. The molecule has 0 aromatic heterocycles. The van der Waals surface area contributed by atoms with E-state index in [1.807, 2.05) is 0 Å². The maximum Gasteiger partial charge on any atom is 0.306 e. The summed E-state index contributed by atoms with van der Waals surface area (Å²) in [6.07, 6.45) is -5.00. The highest BCUT2D eigenvalue weighted by molar-refractivity contribution is 5.71. The van der Waals surface area contributed by atoms with Gasteiger partial charge in [-0.2, -0.15) is 0 Å². The fourth-order valence-electron chi connectivity index (χ4n) is 2.70. The van der Waals surface area contributed by atoms with Gasteiger partial charge in [0.25, 0.3) is 0 Å². The molecular formula is C20H32O10. The minimum Gasteiger partial charge on any atom is -0.462 e. The van der Waals surface area contributed by atoms with Crippen molar-refractivity contribution in [2.24, 2.45) is 0 Å². The van der Waals surface area contributed by atoms with E-state index in [9.17, 15) is 19.2 Å². The Balaban J connectivity index is 3.22. The smallest absolute Gasteiger partial charge is 0.306 e. The molecule has 1 heterocycles. The van der Waals surface area contributed by atoms with Crippen LogP contribution in [0.25, 0.3) is 0 Å². The molecule has 0 unspecified atom stereocenters. The van der Waals surface area contributed by atoms with Crippen molar-refractivity contribution in [3.05, 3.63) is 0 Å². The molecule has 0 spiro atoms. The SMILES string of the molecule is CCO[C@@H]1O[C@H]([C@@H](COC(=O)CC)OC(=O)CC)[C@H](OC(=O)CC)[C@H]1OC(=O)CC. The van der Waals surface area contributed by atoms with Crippen LogP contribution < -0.4 is 0 Å². The Bertz CT molecular complexity index is 590. The minimum atomic E-state index is -1.11. The van der Waals surface area contributed by atoms with E-state index in [0.29, 0.717) is 0 Å². The predicted molar refractivity (Wildman–Crippen MR) is 102 cm³/mol. The molecule has 1 aliphatic rings. The summed E-state index contributed by atoms with van der Waals surface area (Å²) in [7, 11) is 0. The first-order chi connectivity index (χ1) is 14.3. The average Bonchev–Trinajstić information content (AvgIpc) is 3.07. The van der Waals surface area contributed by atoms with E-state index in [-0.39, 0.29) is 38.9 Å². The summed E-state index contributed by atoms with van der Waals surface area (Å²) in [5, 5.41) is 0. The third-order valence-electron chi connectivity index (χ3n) is 4.29. The lowest BCUT2D eigenvalue weighted by Gasteiger charge is -2.28. The van der Waals surface area contributed by atoms with Crippen molar-refractivity contribution in [2.45, 2.75) is 91.0 Å². The van der Waals surface area contributed by atoms with Crippen LogP contribution in [0.4, 0.5) is 0 Å². The van der Waals surface area contributed by atoms with Crippen LogP contribution in [0.3, 0.4) is 0 Å². The quantitative estimate of drug-likeness (QED) is 0.332. The van der Waals surface area contributed by atoms with Crippen molar-refractivity contribution in [1.29, 1.82) is 0 Å². The van der Waals surface area contributed by atoms with Gasteiger partial charge in [0.15, 0.2) is 24.6 Å². The van der Waals surface area contributed by atoms with E-state index in [4.69, 9.17) is 28.4 Å². The first-order valence-corrected chi connectivity index (χ1v) is 10.3. The molecule has 0 saturated carbocycles. The van der Waals surface area contributed by atoms with Crippen LogP contribution in [-0.4, -0.2) is 67.8 Å². The molecule has 5 atom stereocenters. The van der Waals surface area contributed by atoms with Gasteiger partial charge in [-0.05, 0) is 6.92 Å². The van der Waals surface area contributed by atoms with E-state index >= 15 is 0 Å². The maximum atomic E-state index is 12.0. The third kappa shape index (κ3) is 7.56. The van der Waals surface area contributed by atoms with Gasteiger partial charge in [-0.1, -0.05) is 27.7 Å². The van der Waals surface area contributed by atoms with Gasteiger partial charge in [0, 0.05) is 32.3 Å². The molecule has 10 nitrogen and oxygen atoms in total. The molecule has 1 aliphatic heterocycles. The number of hydrogen-bond acceptors (Lipinski definition) is 10. The van der Waals surface area contributed by atoms with Gasteiger partial charge in [-0.25, -0.2) is 0 Å². The van der Waals surface area contributed by atoms with Crippen molar-refractivity contribution < 1.29 is 47.6 Å². The Hall–Kier alpha value is -2.20. The molecule has 0 radical (unpaired) electrons. The summed E-state index contributed by atoms with van der Waals surface area (Å²) in [5.74, 6) is -2.15. The van der Waals surface area contributed by atoms with E-state index in [1.54, 1.807) is 34.6 Å². The molecule has 0 N–H and O–H groups in total. The van der Waals surface area contributed by atoms with Gasteiger partial charge in [0.05, 0.1) is 0 Å². The molecule has 0 aromatic rings. The van der Waals surface area contributed by atoms with Crippen molar-refractivity contribution >= 4 is 23.9 Å². The number of ether oxygens (including phenoxy) is 6. The molecule has 0 bridgehead atoms. The lowest BCUT2D eigenvalue weighted by Crippen LogP contribution is -2.47. The van der Waals surface area contributed by atoms with E-state index in [2.05, 4.69) is 0 Å². The number of hydrogen-bond donors (Lipinski definition) is 0. The molecule has 30 heavy (non-hydrogen) atoms. The molecule has 0 amide bonds. The van der Waals surface area contributed by atoms with E-state index in [0.717, 1.165) is 0 Å². The molecule has 1 fully saturated rings. The topological polar surface area (TPSA) is 124 Å². The third-order valence-corrected chi connectivity index (χ3v) is 4.29. The molecule has 172 valence electrons. The largest absolute Gasteiger partial charge is 0.462 e. The lowest BCUT2D eigenvalue weighted by atomic mass is 10.1. The fourth-order valence-corrected chi connectivity index (χ4v) is 2.70. The van der Waals surface area contributed by atoms with Gasteiger partial charge in [-0.15, -0.1) is 0 Å². The zero-order chi connectivity index (χ0) is 22.7. The molecule has 1 rings (SSSR count). The van der Waals surface area contributed by atoms with Crippen LogP contribution in [0.1, 0.15) is 60.3 Å². The summed E-state index contributed by atoms with van der Waals surface area (Å²) >= 11 is 0. The van der Waals surface area contributed by atoms with Crippen molar-refractivity contribution in [2.75, 3.05) is 13.2 Å². The van der Waals surface area contributed by atoms with Gasteiger partial charge >= 0.3 is 23.9 Å². The maximum absolute atomic E-state index is 12.0. The van der Waals surface area contributed by atoms with Gasteiger partial charge in [0.1, 0.15) is 12.7 Å². The van der Waals surface area contributed by atoms with Crippen LogP contribution >= 0.6 is 0 Å². The first kappa shape index (κ1) is 25.8. The Morgan fingerprint density at radius 2 is 1.30 bits per heavy atom. The number of rotatable bonds is 12. The zero-order valence-corrected chi connectivity index (χ0v) is 18.2. The highest BCUT2D eigenvalue weighted by atomic mass is 16.7. The minimum absolute atomic E-state index is 0.0706. The molecular weight excluding hydrogens is 400 g/mol. The summed E-state index contributed by atoms with van der Waals surface area (Å²) < 4.78 is 32.8. The predicted octanol–water partition coefficient (Wildman–Crippen LogP) is 1.67. The molecule has 1 saturated heterocycles. The fraction of sp³-hybridized carbons (Fsp3) is 0.800. The van der Waals surface area contributed by atoms with Crippen LogP contribution in [0.15, 0.2) is 0 Å². The standard InChI is InChI=1S/C20H32O10/c1-6-13(21)26-11-12(27-14(22)7-2)17-18(28-15(23)8-3)19(29-16(24)9-4)20(30-17)25-10-5/h12,17-20H,6-11H2,1-5H3/t12-,17-,18+,19-,20-/m1/s1. The highest BCUT2D eigenvalue weighted by Crippen LogP contribution is 2.32. The second-order valence-corrected chi connectivity index (χ2v) is 6.46. The number of esters is 4. The second kappa shape index (κ2) is 13.2.